The van der Waals surface area contributed by atoms with Crippen molar-refractivity contribution in [1.82, 2.24) is 0 Å². The lowest BCUT2D eigenvalue weighted by atomic mass is 10.2. The molecule has 0 saturated carbocycles. The van der Waals surface area contributed by atoms with E-state index in [2.05, 4.69) is 5.32 Å². The summed E-state index contributed by atoms with van der Waals surface area (Å²) in [6, 6.07) is 4.94. The van der Waals surface area contributed by atoms with Crippen molar-refractivity contribution >= 4 is 11.4 Å². The molecule has 0 heterocycles. The molecule has 17 heavy (non-hydrogen) atoms. The highest BCUT2D eigenvalue weighted by atomic mass is 16.6. The molecule has 3 N–H and O–H groups in total. The summed E-state index contributed by atoms with van der Waals surface area (Å²) in [4.78, 5) is 10.6. The van der Waals surface area contributed by atoms with Crippen LogP contribution in [-0.4, -0.2) is 24.1 Å². The summed E-state index contributed by atoms with van der Waals surface area (Å²) in [6.45, 7) is 4.53. The molecule has 0 aliphatic heterocycles. The van der Waals surface area contributed by atoms with Crippen LogP contribution in [0.1, 0.15) is 13.8 Å². The van der Waals surface area contributed by atoms with E-state index >= 15 is 0 Å². The van der Waals surface area contributed by atoms with Gasteiger partial charge in [0.2, 0.25) is 0 Å². The number of nitrogens with one attached hydrogen (secondary N) is 1. The maximum atomic E-state index is 11.0. The SMILES string of the molecule is CC(C)Oc1cccc(NCCN)c1[N+](=O)[O-]. The van der Waals surface area contributed by atoms with Crippen LogP contribution in [0.2, 0.25) is 0 Å². The molecule has 0 aliphatic rings. The van der Waals surface area contributed by atoms with E-state index in [4.69, 9.17) is 10.5 Å². The summed E-state index contributed by atoms with van der Waals surface area (Å²) in [5, 5.41) is 14.0. The zero-order chi connectivity index (χ0) is 12.8. The Labute approximate surface area is 99.9 Å². The average Bonchev–Trinajstić information content (AvgIpc) is 2.25. The van der Waals surface area contributed by atoms with Crippen LogP contribution < -0.4 is 15.8 Å². The highest BCUT2D eigenvalue weighted by molar-refractivity contribution is 5.68. The average molecular weight is 239 g/mol. The van der Waals surface area contributed by atoms with E-state index < -0.39 is 4.92 Å². The lowest BCUT2D eigenvalue weighted by Gasteiger charge is -2.12. The number of anilines is 1. The van der Waals surface area contributed by atoms with E-state index in [0.29, 0.717) is 18.8 Å². The van der Waals surface area contributed by atoms with Gasteiger partial charge in [-0.2, -0.15) is 0 Å². The molecular formula is C11H17N3O3. The van der Waals surface area contributed by atoms with E-state index in [1.807, 2.05) is 13.8 Å². The zero-order valence-corrected chi connectivity index (χ0v) is 9.97. The Morgan fingerprint density at radius 1 is 1.53 bits per heavy atom. The number of hydrogen-bond donors (Lipinski definition) is 2. The Hall–Kier alpha value is -1.82. The Morgan fingerprint density at radius 2 is 2.24 bits per heavy atom. The molecule has 0 spiro atoms. The van der Waals surface area contributed by atoms with Gasteiger partial charge in [0.1, 0.15) is 5.69 Å². The standard InChI is InChI=1S/C11H17N3O3/c1-8(2)17-10-5-3-4-9(13-7-6-12)11(10)14(15)16/h3-5,8,13H,6-7,12H2,1-2H3. The van der Waals surface area contributed by atoms with Crippen molar-refractivity contribution in [3.05, 3.63) is 28.3 Å². The lowest BCUT2D eigenvalue weighted by molar-refractivity contribution is -0.385. The van der Waals surface area contributed by atoms with Gasteiger partial charge in [-0.15, -0.1) is 0 Å². The molecule has 94 valence electrons. The van der Waals surface area contributed by atoms with Crippen LogP contribution in [0, 0.1) is 10.1 Å². The summed E-state index contributed by atoms with van der Waals surface area (Å²) in [5.74, 6) is 0.270. The predicted molar refractivity (Wildman–Crippen MR) is 66.4 cm³/mol. The Morgan fingerprint density at radius 3 is 2.76 bits per heavy atom. The van der Waals surface area contributed by atoms with Gasteiger partial charge in [0.25, 0.3) is 0 Å². The highest BCUT2D eigenvalue weighted by Crippen LogP contribution is 2.35. The van der Waals surface area contributed by atoms with Crippen molar-refractivity contribution in [2.45, 2.75) is 20.0 Å². The van der Waals surface area contributed by atoms with E-state index in [0.717, 1.165) is 0 Å². The van der Waals surface area contributed by atoms with E-state index in [-0.39, 0.29) is 17.5 Å². The first-order valence-electron chi connectivity index (χ1n) is 5.44. The van der Waals surface area contributed by atoms with Gasteiger partial charge in [0.15, 0.2) is 5.75 Å². The summed E-state index contributed by atoms with van der Waals surface area (Å²) in [5.41, 5.74) is 5.74. The second kappa shape index (κ2) is 6.05. The van der Waals surface area contributed by atoms with Crippen LogP contribution in [0.15, 0.2) is 18.2 Å². The van der Waals surface area contributed by atoms with Crippen molar-refractivity contribution in [1.29, 1.82) is 0 Å². The molecule has 0 amide bonds. The number of nitro benzene ring substituents is 1. The van der Waals surface area contributed by atoms with Crippen LogP contribution in [0.25, 0.3) is 0 Å². The molecule has 0 fully saturated rings. The quantitative estimate of drug-likeness (QED) is 0.583. The first kappa shape index (κ1) is 13.2. The van der Waals surface area contributed by atoms with Gasteiger partial charge in [0.05, 0.1) is 11.0 Å². The van der Waals surface area contributed by atoms with Crippen LogP contribution in [0.5, 0.6) is 5.75 Å². The van der Waals surface area contributed by atoms with Crippen molar-refractivity contribution in [2.75, 3.05) is 18.4 Å². The summed E-state index contributed by atoms with van der Waals surface area (Å²) in [6.07, 6.45) is -0.113. The Kier molecular flexibility index (Phi) is 4.71. The molecule has 1 aromatic rings. The molecule has 6 heteroatoms. The maximum absolute atomic E-state index is 11.0. The fourth-order valence-corrected chi connectivity index (χ4v) is 1.41. The van der Waals surface area contributed by atoms with Crippen molar-refractivity contribution in [3.63, 3.8) is 0 Å². The zero-order valence-electron chi connectivity index (χ0n) is 9.97. The van der Waals surface area contributed by atoms with Gasteiger partial charge >= 0.3 is 5.69 Å². The van der Waals surface area contributed by atoms with E-state index in [1.54, 1.807) is 18.2 Å². The smallest absolute Gasteiger partial charge is 0.333 e. The second-order valence-corrected chi connectivity index (χ2v) is 3.79. The van der Waals surface area contributed by atoms with E-state index in [9.17, 15) is 10.1 Å². The molecular weight excluding hydrogens is 222 g/mol. The Balaban J connectivity index is 3.08. The molecule has 0 radical (unpaired) electrons. The third kappa shape index (κ3) is 3.60. The second-order valence-electron chi connectivity index (χ2n) is 3.79. The van der Waals surface area contributed by atoms with Crippen molar-refractivity contribution in [2.24, 2.45) is 5.73 Å². The normalized spacial score (nSPS) is 10.4. The molecule has 6 nitrogen and oxygen atoms in total. The number of benzene rings is 1. The monoisotopic (exact) mass is 239 g/mol. The fraction of sp³-hybridized carbons (Fsp3) is 0.455. The van der Waals surface area contributed by atoms with Crippen LogP contribution >= 0.6 is 0 Å². The number of ether oxygens (including phenoxy) is 1. The van der Waals surface area contributed by atoms with Gasteiger partial charge in [-0.3, -0.25) is 10.1 Å². The molecule has 1 aromatic carbocycles. The highest BCUT2D eigenvalue weighted by Gasteiger charge is 2.21. The molecule has 0 unspecified atom stereocenters. The third-order valence-corrected chi connectivity index (χ3v) is 2.00. The first-order valence-corrected chi connectivity index (χ1v) is 5.44. The van der Waals surface area contributed by atoms with Crippen molar-refractivity contribution < 1.29 is 9.66 Å². The summed E-state index contributed by atoms with van der Waals surface area (Å²) >= 11 is 0. The fourth-order valence-electron chi connectivity index (χ4n) is 1.41. The number of nitrogens with zero attached hydrogens (tertiary/aromatic N) is 1. The minimum atomic E-state index is -0.448. The largest absolute Gasteiger partial charge is 0.484 e. The topological polar surface area (TPSA) is 90.4 Å². The molecule has 0 aliphatic carbocycles. The summed E-state index contributed by atoms with van der Waals surface area (Å²) < 4.78 is 5.41. The minimum absolute atomic E-state index is 0.0466. The summed E-state index contributed by atoms with van der Waals surface area (Å²) in [7, 11) is 0. The molecule has 0 saturated heterocycles. The Bertz CT molecular complexity index is 394. The third-order valence-electron chi connectivity index (χ3n) is 2.00. The van der Waals surface area contributed by atoms with Gasteiger partial charge < -0.3 is 15.8 Å². The molecule has 0 atom stereocenters. The van der Waals surface area contributed by atoms with Crippen LogP contribution in [-0.2, 0) is 0 Å². The number of para-hydroxylation sites is 1. The lowest BCUT2D eigenvalue weighted by Crippen LogP contribution is -2.15. The van der Waals surface area contributed by atoms with Gasteiger partial charge in [-0.1, -0.05) is 6.07 Å². The minimum Gasteiger partial charge on any atom is -0.484 e. The predicted octanol–water partition coefficient (Wildman–Crippen LogP) is 1.75. The van der Waals surface area contributed by atoms with E-state index in [1.165, 1.54) is 0 Å². The number of nitro groups is 1. The maximum Gasteiger partial charge on any atom is 0.333 e. The van der Waals surface area contributed by atoms with Crippen molar-refractivity contribution in [3.8, 4) is 5.75 Å². The first-order chi connectivity index (χ1) is 8.06. The number of hydrogen-bond acceptors (Lipinski definition) is 5. The molecule has 0 bridgehead atoms. The molecule has 1 rings (SSSR count). The van der Waals surface area contributed by atoms with Gasteiger partial charge in [0, 0.05) is 13.1 Å². The molecule has 0 aromatic heterocycles. The van der Waals surface area contributed by atoms with Gasteiger partial charge in [-0.25, -0.2) is 0 Å². The van der Waals surface area contributed by atoms with Gasteiger partial charge in [-0.05, 0) is 26.0 Å². The number of nitrogens with two attached hydrogens (primary N) is 1. The van der Waals surface area contributed by atoms with Crippen LogP contribution in [0.3, 0.4) is 0 Å². The number of rotatable bonds is 6. The van der Waals surface area contributed by atoms with Crippen LogP contribution in [0.4, 0.5) is 11.4 Å².